The number of alkyl halides is 3. The molecule has 150 valence electrons. The first-order valence-corrected chi connectivity index (χ1v) is 9.89. The molecule has 1 saturated heterocycles. The Morgan fingerprint density at radius 3 is 2.71 bits per heavy atom. The highest BCUT2D eigenvalue weighted by Crippen LogP contribution is 2.28. The Morgan fingerprint density at radius 2 is 2.04 bits per heavy atom. The topological polar surface area (TPSA) is 91.7 Å². The van der Waals surface area contributed by atoms with Crippen molar-refractivity contribution >= 4 is 45.8 Å². The van der Waals surface area contributed by atoms with Gasteiger partial charge in [-0.1, -0.05) is 0 Å². The minimum atomic E-state index is -4.52. The van der Waals surface area contributed by atoms with Crippen molar-refractivity contribution < 1.29 is 32.0 Å². The number of carbonyl (C=O) groups excluding carboxylic acids is 3. The Morgan fingerprint density at radius 1 is 1.25 bits per heavy atom. The molecule has 3 heterocycles. The fourth-order valence-electron chi connectivity index (χ4n) is 2.41. The first kappa shape index (κ1) is 20.3. The van der Waals surface area contributed by atoms with Gasteiger partial charge in [-0.3, -0.25) is 14.4 Å². The van der Waals surface area contributed by atoms with Crippen LogP contribution in [0, 0.1) is 0 Å². The molecule has 12 heteroatoms. The van der Waals surface area contributed by atoms with Crippen LogP contribution in [0.1, 0.15) is 20.2 Å². The number of halogens is 3. The van der Waals surface area contributed by atoms with Crippen LogP contribution in [0.3, 0.4) is 0 Å². The summed E-state index contributed by atoms with van der Waals surface area (Å²) in [5.41, 5.74) is 0. The van der Waals surface area contributed by atoms with E-state index in [9.17, 15) is 27.6 Å². The van der Waals surface area contributed by atoms with E-state index in [1.807, 2.05) is 5.32 Å². The molecule has 1 unspecified atom stereocenters. The van der Waals surface area contributed by atoms with Crippen molar-refractivity contribution in [2.24, 2.45) is 0 Å². The van der Waals surface area contributed by atoms with E-state index in [0.29, 0.717) is 5.00 Å². The van der Waals surface area contributed by atoms with Gasteiger partial charge in [-0.2, -0.15) is 13.2 Å². The molecular weight excluding hydrogens is 419 g/mol. The number of amides is 3. The fraction of sp³-hybridized carbons (Fsp3) is 0.312. The Bertz CT molecular complexity index is 867. The van der Waals surface area contributed by atoms with Crippen molar-refractivity contribution in [3.05, 3.63) is 41.2 Å². The number of hydrogen-bond acceptors (Lipinski definition) is 6. The summed E-state index contributed by atoms with van der Waals surface area (Å²) in [5, 5.41) is 4.80. The predicted molar refractivity (Wildman–Crippen MR) is 97.3 cm³/mol. The highest BCUT2D eigenvalue weighted by atomic mass is 32.2. The molecule has 1 fully saturated rings. The van der Waals surface area contributed by atoms with E-state index in [2.05, 4.69) is 5.32 Å². The van der Waals surface area contributed by atoms with Crippen molar-refractivity contribution in [2.75, 3.05) is 23.5 Å². The second-order valence-corrected chi connectivity index (χ2v) is 7.80. The van der Waals surface area contributed by atoms with Crippen LogP contribution in [-0.2, 0) is 4.79 Å². The second-order valence-electron chi connectivity index (χ2n) is 5.72. The Balaban J connectivity index is 1.63. The summed E-state index contributed by atoms with van der Waals surface area (Å²) in [6, 6.07) is 5.08. The quantitative estimate of drug-likeness (QED) is 0.757. The zero-order valence-electron chi connectivity index (χ0n) is 14.1. The molecule has 3 rings (SSSR count). The lowest BCUT2D eigenvalue weighted by molar-refractivity contribution is -0.140. The van der Waals surface area contributed by atoms with Gasteiger partial charge in [0.2, 0.25) is 5.91 Å². The van der Waals surface area contributed by atoms with E-state index in [-0.39, 0.29) is 22.3 Å². The van der Waals surface area contributed by atoms with Gasteiger partial charge >= 0.3 is 6.18 Å². The van der Waals surface area contributed by atoms with Crippen molar-refractivity contribution in [1.29, 1.82) is 0 Å². The molecule has 0 saturated carbocycles. The van der Waals surface area contributed by atoms with Gasteiger partial charge in [0, 0.05) is 5.75 Å². The number of nitrogens with zero attached hydrogens (tertiary/aromatic N) is 1. The molecule has 0 aliphatic carbocycles. The molecule has 0 radical (unpaired) electrons. The van der Waals surface area contributed by atoms with Crippen LogP contribution in [0.15, 0.2) is 34.9 Å². The lowest BCUT2D eigenvalue weighted by Gasteiger charge is -2.22. The first-order valence-electron chi connectivity index (χ1n) is 7.92. The zero-order valence-corrected chi connectivity index (χ0v) is 15.7. The van der Waals surface area contributed by atoms with Gasteiger partial charge in [0.05, 0.1) is 22.0 Å². The monoisotopic (exact) mass is 433 g/mol. The SMILES string of the molecule is O=C(Nc1ccc(C(=O)N2CSCC2C(=O)NCC(F)(F)F)s1)c1ccco1. The summed E-state index contributed by atoms with van der Waals surface area (Å²) in [6.45, 7) is -1.45. The summed E-state index contributed by atoms with van der Waals surface area (Å²) < 4.78 is 41.9. The van der Waals surface area contributed by atoms with E-state index in [0.717, 1.165) is 11.3 Å². The number of hydrogen-bond donors (Lipinski definition) is 2. The van der Waals surface area contributed by atoms with Crippen LogP contribution in [0.5, 0.6) is 0 Å². The smallest absolute Gasteiger partial charge is 0.405 e. The Hall–Kier alpha value is -2.47. The van der Waals surface area contributed by atoms with Gasteiger partial charge < -0.3 is 20.0 Å². The summed E-state index contributed by atoms with van der Waals surface area (Å²) in [4.78, 5) is 38.2. The number of rotatable bonds is 5. The maximum atomic E-state index is 12.7. The van der Waals surface area contributed by atoms with Gasteiger partial charge in [0.15, 0.2) is 5.76 Å². The number of furan rings is 1. The average molecular weight is 433 g/mol. The van der Waals surface area contributed by atoms with E-state index in [1.54, 1.807) is 6.07 Å². The highest BCUT2D eigenvalue weighted by Gasteiger charge is 2.37. The number of nitrogens with one attached hydrogen (secondary N) is 2. The predicted octanol–water partition coefficient (Wildman–Crippen LogP) is 2.79. The standard InChI is InChI=1S/C16H14F3N3O4S2/c17-16(18,19)7-20-13(23)9-6-27-8-22(9)15(25)11-3-4-12(28-11)21-14(24)10-2-1-5-26-10/h1-5,9H,6-8H2,(H,20,23)(H,21,24). The highest BCUT2D eigenvalue weighted by molar-refractivity contribution is 7.99. The van der Waals surface area contributed by atoms with E-state index < -0.39 is 36.5 Å². The third-order valence-electron chi connectivity index (χ3n) is 3.71. The van der Waals surface area contributed by atoms with Crippen molar-refractivity contribution in [1.82, 2.24) is 10.2 Å². The van der Waals surface area contributed by atoms with E-state index in [1.165, 1.54) is 41.1 Å². The van der Waals surface area contributed by atoms with Gasteiger partial charge in [0.25, 0.3) is 11.8 Å². The number of carbonyl (C=O) groups is 3. The molecule has 0 spiro atoms. The molecule has 0 aromatic carbocycles. The molecule has 0 bridgehead atoms. The summed E-state index contributed by atoms with van der Waals surface area (Å²) >= 11 is 2.28. The van der Waals surface area contributed by atoms with Gasteiger partial charge in [-0.15, -0.1) is 23.1 Å². The number of thioether (sulfide) groups is 1. The van der Waals surface area contributed by atoms with Crippen LogP contribution in [0.25, 0.3) is 0 Å². The Kier molecular flexibility index (Phi) is 5.98. The largest absolute Gasteiger partial charge is 0.459 e. The lowest BCUT2D eigenvalue weighted by Crippen LogP contribution is -2.49. The molecule has 3 amide bonds. The second kappa shape index (κ2) is 8.27. The maximum absolute atomic E-state index is 12.7. The Labute approximate surface area is 165 Å². The van der Waals surface area contributed by atoms with E-state index >= 15 is 0 Å². The molecular formula is C16H14F3N3O4S2. The number of anilines is 1. The summed E-state index contributed by atoms with van der Waals surface area (Å²) in [6.07, 6.45) is -3.17. The molecule has 2 aromatic rings. The van der Waals surface area contributed by atoms with Crippen molar-refractivity contribution in [2.45, 2.75) is 12.2 Å². The van der Waals surface area contributed by atoms with Gasteiger partial charge in [-0.25, -0.2) is 0 Å². The molecule has 1 atom stereocenters. The zero-order chi connectivity index (χ0) is 20.3. The van der Waals surface area contributed by atoms with Gasteiger partial charge in [-0.05, 0) is 24.3 Å². The van der Waals surface area contributed by atoms with Crippen LogP contribution in [0.4, 0.5) is 18.2 Å². The molecule has 1 aliphatic heterocycles. The fourth-order valence-corrected chi connectivity index (χ4v) is 4.42. The summed E-state index contributed by atoms with van der Waals surface area (Å²) in [7, 11) is 0. The van der Waals surface area contributed by atoms with Crippen LogP contribution in [-0.4, -0.2) is 53.0 Å². The molecule has 1 aliphatic rings. The van der Waals surface area contributed by atoms with Crippen molar-refractivity contribution in [3.63, 3.8) is 0 Å². The maximum Gasteiger partial charge on any atom is 0.405 e. The first-order chi connectivity index (χ1) is 13.2. The third kappa shape index (κ3) is 4.87. The normalized spacial score (nSPS) is 16.8. The van der Waals surface area contributed by atoms with Gasteiger partial charge in [0.1, 0.15) is 12.6 Å². The minimum absolute atomic E-state index is 0.110. The molecule has 2 aromatic heterocycles. The molecule has 7 nitrogen and oxygen atoms in total. The average Bonchev–Trinajstić information content (AvgIpc) is 3.39. The third-order valence-corrected chi connectivity index (χ3v) is 5.71. The molecule has 2 N–H and O–H groups in total. The van der Waals surface area contributed by atoms with Crippen LogP contribution >= 0.6 is 23.1 Å². The minimum Gasteiger partial charge on any atom is -0.459 e. The van der Waals surface area contributed by atoms with Crippen LogP contribution in [0.2, 0.25) is 0 Å². The lowest BCUT2D eigenvalue weighted by atomic mass is 10.2. The van der Waals surface area contributed by atoms with E-state index in [4.69, 9.17) is 4.42 Å². The number of thiophene rings is 1. The van der Waals surface area contributed by atoms with Crippen LogP contribution < -0.4 is 10.6 Å². The van der Waals surface area contributed by atoms with Crippen molar-refractivity contribution in [3.8, 4) is 0 Å². The summed E-state index contributed by atoms with van der Waals surface area (Å²) in [5.74, 6) is -1.30. The molecule has 28 heavy (non-hydrogen) atoms.